The third-order valence-corrected chi connectivity index (χ3v) is 7.58. The molecule has 172 valence electrons. The molecule has 1 fully saturated rings. The maximum absolute atomic E-state index is 9.73. The Labute approximate surface area is 202 Å². The first kappa shape index (κ1) is 21.1. The van der Waals surface area contributed by atoms with E-state index in [1.807, 2.05) is 18.2 Å². The molecule has 2 aromatic carbocycles. The van der Waals surface area contributed by atoms with Crippen molar-refractivity contribution in [1.82, 2.24) is 14.5 Å². The van der Waals surface area contributed by atoms with E-state index in [-0.39, 0.29) is 6.10 Å². The van der Waals surface area contributed by atoms with Gasteiger partial charge >= 0.3 is 0 Å². The summed E-state index contributed by atoms with van der Waals surface area (Å²) < 4.78 is 3.29. The highest BCUT2D eigenvalue weighted by atomic mass is 32.1. The summed E-state index contributed by atoms with van der Waals surface area (Å²) in [6.07, 6.45) is 5.58. The van der Waals surface area contributed by atoms with E-state index in [0.717, 1.165) is 52.7 Å². The van der Waals surface area contributed by atoms with Gasteiger partial charge in [0.2, 0.25) is 0 Å². The lowest BCUT2D eigenvalue weighted by Gasteiger charge is -2.26. The molecule has 6 rings (SSSR count). The molecule has 5 aromatic rings. The summed E-state index contributed by atoms with van der Waals surface area (Å²) in [4.78, 5) is 9.50. The molecule has 0 aliphatic heterocycles. The molecule has 0 bridgehead atoms. The largest absolute Gasteiger partial charge is 0.393 e. The summed E-state index contributed by atoms with van der Waals surface area (Å²) in [7, 11) is 2.08. The van der Waals surface area contributed by atoms with Gasteiger partial charge in [-0.1, -0.05) is 35.6 Å². The minimum Gasteiger partial charge on any atom is -0.393 e. The number of anilines is 3. The summed E-state index contributed by atoms with van der Waals surface area (Å²) in [5.41, 5.74) is 4.60. The molecule has 1 aliphatic rings. The van der Waals surface area contributed by atoms with Crippen LogP contribution in [0.4, 0.5) is 16.8 Å². The van der Waals surface area contributed by atoms with Gasteiger partial charge in [-0.25, -0.2) is 9.97 Å². The Hall–Kier alpha value is -3.42. The molecule has 1 saturated carbocycles. The van der Waals surface area contributed by atoms with E-state index in [4.69, 9.17) is 9.97 Å². The first-order chi connectivity index (χ1) is 16.6. The Kier molecular flexibility index (Phi) is 5.43. The van der Waals surface area contributed by atoms with Crippen LogP contribution in [0.2, 0.25) is 0 Å². The highest BCUT2D eigenvalue weighted by Gasteiger charge is 2.19. The summed E-state index contributed by atoms with van der Waals surface area (Å²) in [6, 6.07) is 21.5. The number of nitrogens with one attached hydrogen (secondary N) is 2. The fourth-order valence-electron chi connectivity index (χ4n) is 4.72. The summed E-state index contributed by atoms with van der Waals surface area (Å²) >= 11 is 1.64. The van der Waals surface area contributed by atoms with Crippen molar-refractivity contribution in [3.8, 4) is 11.1 Å². The van der Waals surface area contributed by atoms with Gasteiger partial charge < -0.3 is 20.3 Å². The second-order valence-corrected chi connectivity index (χ2v) is 10.1. The lowest BCUT2D eigenvalue weighted by atomic mass is 9.93. The van der Waals surface area contributed by atoms with Gasteiger partial charge in [0.05, 0.1) is 16.3 Å². The Morgan fingerprint density at radius 2 is 1.71 bits per heavy atom. The van der Waals surface area contributed by atoms with Gasteiger partial charge in [-0.2, -0.15) is 0 Å². The van der Waals surface area contributed by atoms with Crippen molar-refractivity contribution in [3.63, 3.8) is 0 Å². The monoisotopic (exact) mass is 469 g/mol. The second-order valence-electron chi connectivity index (χ2n) is 9.08. The van der Waals surface area contributed by atoms with Crippen molar-refractivity contribution in [2.75, 3.05) is 10.6 Å². The molecule has 0 unspecified atom stereocenters. The molecule has 6 nitrogen and oxygen atoms in total. The molecule has 34 heavy (non-hydrogen) atoms. The molecule has 0 atom stereocenters. The summed E-state index contributed by atoms with van der Waals surface area (Å²) in [6.45, 7) is 0. The number of hydrogen-bond donors (Lipinski definition) is 3. The quantitative estimate of drug-likeness (QED) is 0.281. The normalized spacial score (nSPS) is 18.4. The molecule has 0 saturated heterocycles. The fourth-order valence-corrected chi connectivity index (χ4v) is 5.64. The van der Waals surface area contributed by atoms with Crippen LogP contribution in [0.3, 0.4) is 0 Å². The SMILES string of the molecule is Cn1ccc2ccc(-c3ccc4nc(Nc5cccc(N[C@H]6CC[C@H](O)CC6)n5)sc4c3)cc21. The number of aryl methyl sites for hydroxylation is 1. The second kappa shape index (κ2) is 8.74. The highest BCUT2D eigenvalue weighted by molar-refractivity contribution is 7.22. The molecule has 3 heterocycles. The lowest BCUT2D eigenvalue weighted by molar-refractivity contribution is 0.126. The fraction of sp³-hybridized carbons (Fsp3) is 0.259. The van der Waals surface area contributed by atoms with Crippen LogP contribution in [0.1, 0.15) is 25.7 Å². The number of rotatable bonds is 5. The van der Waals surface area contributed by atoms with Crippen LogP contribution < -0.4 is 10.6 Å². The molecule has 0 radical (unpaired) electrons. The van der Waals surface area contributed by atoms with Crippen molar-refractivity contribution >= 4 is 49.2 Å². The van der Waals surface area contributed by atoms with Crippen LogP contribution in [0, 0.1) is 0 Å². The molecular formula is C27H27N5OS. The number of thiazole rings is 1. The average molecular weight is 470 g/mol. The van der Waals surface area contributed by atoms with Crippen molar-refractivity contribution < 1.29 is 5.11 Å². The lowest BCUT2D eigenvalue weighted by Crippen LogP contribution is -2.28. The smallest absolute Gasteiger partial charge is 0.189 e. The minimum atomic E-state index is -0.153. The Morgan fingerprint density at radius 3 is 2.59 bits per heavy atom. The molecule has 0 amide bonds. The number of aromatic nitrogens is 3. The van der Waals surface area contributed by atoms with Crippen LogP contribution in [0.25, 0.3) is 32.2 Å². The third-order valence-electron chi connectivity index (χ3n) is 6.64. The van der Waals surface area contributed by atoms with Gasteiger partial charge in [-0.15, -0.1) is 0 Å². The minimum absolute atomic E-state index is 0.153. The number of benzene rings is 2. The van der Waals surface area contributed by atoms with Gasteiger partial charge in [-0.05, 0) is 78.6 Å². The van der Waals surface area contributed by atoms with Crippen LogP contribution in [-0.4, -0.2) is 31.8 Å². The predicted molar refractivity (Wildman–Crippen MR) is 141 cm³/mol. The molecule has 1 aliphatic carbocycles. The number of fused-ring (bicyclic) bond motifs is 2. The molecule has 0 spiro atoms. The zero-order chi connectivity index (χ0) is 23.1. The van der Waals surface area contributed by atoms with Crippen molar-refractivity contribution in [2.24, 2.45) is 7.05 Å². The number of pyridine rings is 1. The first-order valence-corrected chi connectivity index (χ1v) is 12.6. The predicted octanol–water partition coefficient (Wildman–Crippen LogP) is 6.31. The van der Waals surface area contributed by atoms with E-state index in [9.17, 15) is 5.11 Å². The summed E-state index contributed by atoms with van der Waals surface area (Å²) in [5.74, 6) is 1.63. The maximum Gasteiger partial charge on any atom is 0.189 e. The van der Waals surface area contributed by atoms with Gasteiger partial charge in [-0.3, -0.25) is 0 Å². The number of hydrogen-bond acceptors (Lipinski definition) is 6. The van der Waals surface area contributed by atoms with Crippen molar-refractivity contribution in [1.29, 1.82) is 0 Å². The van der Waals surface area contributed by atoms with Crippen LogP contribution >= 0.6 is 11.3 Å². The molecule has 3 aromatic heterocycles. The first-order valence-electron chi connectivity index (χ1n) is 11.8. The van der Waals surface area contributed by atoms with Crippen LogP contribution in [-0.2, 0) is 7.05 Å². The van der Waals surface area contributed by atoms with E-state index in [1.54, 1.807) is 11.3 Å². The van der Waals surface area contributed by atoms with Crippen molar-refractivity contribution in [2.45, 2.75) is 37.8 Å². The molecule has 3 N–H and O–H groups in total. The number of aliphatic hydroxyl groups is 1. The zero-order valence-corrected chi connectivity index (χ0v) is 19.8. The van der Waals surface area contributed by atoms with Gasteiger partial charge in [0.15, 0.2) is 5.13 Å². The Morgan fingerprint density at radius 1 is 0.912 bits per heavy atom. The van der Waals surface area contributed by atoms with Crippen molar-refractivity contribution in [3.05, 3.63) is 66.9 Å². The van der Waals surface area contributed by atoms with E-state index in [1.165, 1.54) is 22.0 Å². The van der Waals surface area contributed by atoms with Gasteiger partial charge in [0.25, 0.3) is 0 Å². The van der Waals surface area contributed by atoms with E-state index in [0.29, 0.717) is 6.04 Å². The molecular weight excluding hydrogens is 442 g/mol. The zero-order valence-electron chi connectivity index (χ0n) is 19.0. The Balaban J connectivity index is 1.21. The summed E-state index contributed by atoms with van der Waals surface area (Å²) in [5, 5.41) is 18.7. The standard InChI is InChI=1S/C27H27N5OS/c1-32-14-13-17-5-6-18(15-23(17)32)19-7-12-22-24(16-19)34-27(29-22)31-26-4-2-3-25(30-26)28-20-8-10-21(33)11-9-20/h2-7,12-16,20-21,33H,8-11H2,1H3,(H2,28,29,30,31)/t20-,21-. The highest BCUT2D eigenvalue weighted by Crippen LogP contribution is 2.33. The molecule has 7 heteroatoms. The third kappa shape index (κ3) is 4.24. The van der Waals surface area contributed by atoms with E-state index in [2.05, 4.69) is 70.9 Å². The maximum atomic E-state index is 9.73. The number of nitrogens with zero attached hydrogens (tertiary/aromatic N) is 3. The van der Waals surface area contributed by atoms with Gasteiger partial charge in [0, 0.05) is 24.8 Å². The van der Waals surface area contributed by atoms with E-state index < -0.39 is 0 Å². The van der Waals surface area contributed by atoms with E-state index >= 15 is 0 Å². The number of aliphatic hydroxyl groups excluding tert-OH is 1. The van der Waals surface area contributed by atoms with Crippen LogP contribution in [0.5, 0.6) is 0 Å². The average Bonchev–Trinajstić information content (AvgIpc) is 3.42. The van der Waals surface area contributed by atoms with Gasteiger partial charge in [0.1, 0.15) is 11.6 Å². The Bertz CT molecular complexity index is 1460. The van der Waals surface area contributed by atoms with Crippen LogP contribution in [0.15, 0.2) is 66.9 Å². The topological polar surface area (TPSA) is 75.0 Å².